The second kappa shape index (κ2) is 18.7. The Morgan fingerprint density at radius 2 is 1.38 bits per heavy atom. The first-order valence-electron chi connectivity index (χ1n) is 11.1. The molecule has 0 aromatic rings. The van der Waals surface area contributed by atoms with Crippen molar-refractivity contribution in [2.24, 2.45) is 10.9 Å². The number of nitrogens with one attached hydrogen (secondary N) is 1. The SMILES string of the molecule is CC(=O)O.CCCCCCCCCCCCCCCC(C)C1=NCCN1. The molecule has 1 aliphatic rings. The lowest BCUT2D eigenvalue weighted by Gasteiger charge is -2.11. The molecular formula is C22H44N2O2. The number of carboxylic acid groups (broad SMARTS) is 1. The number of aliphatic carboxylic acids is 1. The van der Waals surface area contributed by atoms with E-state index in [-0.39, 0.29) is 0 Å². The maximum atomic E-state index is 9.00. The Hall–Kier alpha value is -1.06. The van der Waals surface area contributed by atoms with Crippen LogP contribution in [0.2, 0.25) is 0 Å². The Morgan fingerprint density at radius 1 is 0.962 bits per heavy atom. The molecule has 0 radical (unpaired) electrons. The van der Waals surface area contributed by atoms with Crippen molar-refractivity contribution in [3.63, 3.8) is 0 Å². The Kier molecular flexibility index (Phi) is 18.0. The maximum Gasteiger partial charge on any atom is 0.300 e. The molecule has 1 atom stereocenters. The van der Waals surface area contributed by atoms with Gasteiger partial charge in [0.15, 0.2) is 0 Å². The number of unbranched alkanes of at least 4 members (excludes halogenated alkanes) is 12. The molecule has 1 aliphatic heterocycles. The number of hydrogen-bond donors (Lipinski definition) is 2. The van der Waals surface area contributed by atoms with Gasteiger partial charge in [0, 0.05) is 19.4 Å². The molecule has 0 bridgehead atoms. The molecule has 0 spiro atoms. The highest BCUT2D eigenvalue weighted by Gasteiger charge is 2.12. The molecule has 1 rings (SSSR count). The van der Waals surface area contributed by atoms with Gasteiger partial charge in [-0.25, -0.2) is 0 Å². The van der Waals surface area contributed by atoms with E-state index in [4.69, 9.17) is 9.90 Å². The Labute approximate surface area is 162 Å². The van der Waals surface area contributed by atoms with Crippen LogP contribution >= 0.6 is 0 Å². The summed E-state index contributed by atoms with van der Waals surface area (Å²) in [6.07, 6.45) is 20.0. The fourth-order valence-corrected chi connectivity index (χ4v) is 3.35. The highest BCUT2D eigenvalue weighted by atomic mass is 16.4. The number of hydrogen-bond acceptors (Lipinski definition) is 3. The zero-order valence-corrected chi connectivity index (χ0v) is 17.7. The van der Waals surface area contributed by atoms with Gasteiger partial charge in [0.1, 0.15) is 0 Å². The largest absolute Gasteiger partial charge is 0.481 e. The average Bonchev–Trinajstić information content (AvgIpc) is 3.13. The second-order valence-electron chi connectivity index (χ2n) is 7.65. The van der Waals surface area contributed by atoms with Crippen LogP contribution in [0, 0.1) is 5.92 Å². The van der Waals surface area contributed by atoms with Crippen LogP contribution in [0.4, 0.5) is 0 Å². The average molecular weight is 369 g/mol. The van der Waals surface area contributed by atoms with Crippen molar-refractivity contribution in [2.75, 3.05) is 13.1 Å². The standard InChI is InChI=1S/C20H40N2.C2H4O2/c1-3-4-5-6-7-8-9-10-11-12-13-14-15-16-19(2)20-21-17-18-22-20;1-2(3)4/h19H,3-18H2,1-2H3,(H,21,22);1H3,(H,3,4). The molecule has 4 heteroatoms. The van der Waals surface area contributed by atoms with Crippen molar-refractivity contribution >= 4 is 11.8 Å². The van der Waals surface area contributed by atoms with Crippen LogP contribution in [0.25, 0.3) is 0 Å². The summed E-state index contributed by atoms with van der Waals surface area (Å²) < 4.78 is 0. The van der Waals surface area contributed by atoms with Gasteiger partial charge in [-0.15, -0.1) is 0 Å². The summed E-state index contributed by atoms with van der Waals surface area (Å²) >= 11 is 0. The first-order valence-corrected chi connectivity index (χ1v) is 11.1. The van der Waals surface area contributed by atoms with E-state index in [1.807, 2.05) is 0 Å². The number of rotatable bonds is 15. The lowest BCUT2D eigenvalue weighted by atomic mass is 10.0. The van der Waals surface area contributed by atoms with E-state index in [9.17, 15) is 0 Å². The van der Waals surface area contributed by atoms with E-state index in [1.54, 1.807) is 0 Å². The molecule has 1 heterocycles. The molecule has 0 saturated heterocycles. The summed E-state index contributed by atoms with van der Waals surface area (Å²) in [4.78, 5) is 13.5. The Morgan fingerprint density at radius 3 is 1.77 bits per heavy atom. The Bertz CT molecular complexity index is 352. The molecule has 0 saturated carbocycles. The topological polar surface area (TPSA) is 61.7 Å². The summed E-state index contributed by atoms with van der Waals surface area (Å²) in [6.45, 7) is 7.73. The monoisotopic (exact) mass is 368 g/mol. The van der Waals surface area contributed by atoms with Crippen molar-refractivity contribution in [3.8, 4) is 0 Å². The van der Waals surface area contributed by atoms with Gasteiger partial charge < -0.3 is 10.4 Å². The number of aliphatic imine (C=N–C) groups is 1. The van der Waals surface area contributed by atoms with Gasteiger partial charge in [0.2, 0.25) is 0 Å². The van der Waals surface area contributed by atoms with Crippen LogP contribution < -0.4 is 5.32 Å². The first-order chi connectivity index (χ1) is 12.6. The molecule has 0 aliphatic carbocycles. The van der Waals surface area contributed by atoms with E-state index < -0.39 is 5.97 Å². The van der Waals surface area contributed by atoms with Gasteiger partial charge >= 0.3 is 0 Å². The van der Waals surface area contributed by atoms with Crippen molar-refractivity contribution in [2.45, 2.75) is 111 Å². The van der Waals surface area contributed by atoms with Gasteiger partial charge in [0.05, 0.1) is 12.4 Å². The van der Waals surface area contributed by atoms with Crippen molar-refractivity contribution in [1.29, 1.82) is 0 Å². The van der Waals surface area contributed by atoms with Crippen LogP contribution in [-0.2, 0) is 4.79 Å². The normalized spacial score (nSPS) is 14.2. The Balaban J connectivity index is 0.00000141. The summed E-state index contributed by atoms with van der Waals surface area (Å²) in [5, 5.41) is 10.8. The van der Waals surface area contributed by atoms with Crippen molar-refractivity contribution in [3.05, 3.63) is 0 Å². The fourth-order valence-electron chi connectivity index (χ4n) is 3.35. The van der Waals surface area contributed by atoms with Crippen LogP contribution in [0.5, 0.6) is 0 Å². The van der Waals surface area contributed by atoms with Gasteiger partial charge in [-0.05, 0) is 6.42 Å². The molecule has 0 fully saturated rings. The predicted molar refractivity (Wildman–Crippen MR) is 113 cm³/mol. The third-order valence-electron chi connectivity index (χ3n) is 4.91. The summed E-state index contributed by atoms with van der Waals surface area (Å²) in [5.74, 6) is 1.08. The number of carboxylic acids is 1. The second-order valence-corrected chi connectivity index (χ2v) is 7.65. The van der Waals surface area contributed by atoms with Gasteiger partial charge in [-0.2, -0.15) is 0 Å². The van der Waals surface area contributed by atoms with E-state index in [0.29, 0.717) is 5.92 Å². The highest BCUT2D eigenvalue weighted by molar-refractivity contribution is 5.85. The molecule has 0 aromatic heterocycles. The zero-order valence-electron chi connectivity index (χ0n) is 17.7. The van der Waals surface area contributed by atoms with Gasteiger partial charge in [0.25, 0.3) is 5.97 Å². The maximum absolute atomic E-state index is 9.00. The van der Waals surface area contributed by atoms with Crippen LogP contribution in [0.1, 0.15) is 111 Å². The molecule has 4 nitrogen and oxygen atoms in total. The van der Waals surface area contributed by atoms with Crippen molar-refractivity contribution in [1.82, 2.24) is 5.32 Å². The minimum absolute atomic E-state index is 0.648. The molecule has 26 heavy (non-hydrogen) atoms. The van der Waals surface area contributed by atoms with E-state index in [0.717, 1.165) is 20.0 Å². The summed E-state index contributed by atoms with van der Waals surface area (Å²) in [6, 6.07) is 0. The van der Waals surface area contributed by atoms with Crippen LogP contribution in [0.15, 0.2) is 4.99 Å². The molecular weight excluding hydrogens is 324 g/mol. The molecule has 0 aromatic carbocycles. The number of nitrogens with zero attached hydrogens (tertiary/aromatic N) is 1. The van der Waals surface area contributed by atoms with Crippen LogP contribution in [0.3, 0.4) is 0 Å². The van der Waals surface area contributed by atoms with Gasteiger partial charge in [-0.3, -0.25) is 9.79 Å². The lowest BCUT2D eigenvalue weighted by molar-refractivity contribution is -0.134. The summed E-state index contributed by atoms with van der Waals surface area (Å²) in [7, 11) is 0. The van der Waals surface area contributed by atoms with E-state index in [2.05, 4.69) is 24.2 Å². The highest BCUT2D eigenvalue weighted by Crippen LogP contribution is 2.15. The lowest BCUT2D eigenvalue weighted by Crippen LogP contribution is -2.25. The molecule has 1 unspecified atom stereocenters. The van der Waals surface area contributed by atoms with Crippen molar-refractivity contribution < 1.29 is 9.90 Å². The number of carbonyl (C=O) groups is 1. The van der Waals surface area contributed by atoms with Crippen LogP contribution in [-0.4, -0.2) is 30.0 Å². The quantitative estimate of drug-likeness (QED) is 0.338. The molecule has 0 amide bonds. The van der Waals surface area contributed by atoms with Gasteiger partial charge in [-0.1, -0.05) is 97.3 Å². The molecule has 154 valence electrons. The third-order valence-corrected chi connectivity index (χ3v) is 4.91. The van der Waals surface area contributed by atoms with E-state index >= 15 is 0 Å². The summed E-state index contributed by atoms with van der Waals surface area (Å²) in [5.41, 5.74) is 0. The van der Waals surface area contributed by atoms with E-state index in [1.165, 1.54) is 95.7 Å². The minimum Gasteiger partial charge on any atom is -0.481 e. The molecule has 2 N–H and O–H groups in total. The fraction of sp³-hybridized carbons (Fsp3) is 0.909. The predicted octanol–water partition coefficient (Wildman–Crippen LogP) is 6.20. The first kappa shape index (κ1) is 24.9. The zero-order chi connectivity index (χ0) is 19.5. The smallest absolute Gasteiger partial charge is 0.300 e. The number of amidine groups is 1. The minimum atomic E-state index is -0.833. The third kappa shape index (κ3) is 17.8.